The first-order valence-electron chi connectivity index (χ1n) is 6.73. The first-order valence-corrected chi connectivity index (χ1v) is 6.73. The van der Waals surface area contributed by atoms with Crippen molar-refractivity contribution in [2.24, 2.45) is 7.05 Å². The van der Waals surface area contributed by atoms with E-state index in [1.54, 1.807) is 21.1 Å². The molecule has 6 nitrogen and oxygen atoms in total. The molecule has 0 aliphatic heterocycles. The Bertz CT molecular complexity index is 632. The third kappa shape index (κ3) is 3.34. The number of aromatic nitrogens is 2. The molecule has 0 aliphatic rings. The number of benzene rings is 1. The average molecular weight is 288 g/mol. The van der Waals surface area contributed by atoms with E-state index in [9.17, 15) is 4.79 Å². The Hall–Kier alpha value is -2.50. The number of nitrogen functional groups attached to an aromatic ring is 1. The van der Waals surface area contributed by atoms with E-state index >= 15 is 0 Å². The minimum atomic E-state index is -0.205. The topological polar surface area (TPSA) is 82.2 Å². The minimum Gasteiger partial charge on any atom is -0.497 e. The van der Waals surface area contributed by atoms with Crippen LogP contribution in [-0.2, 0) is 13.5 Å². The molecule has 21 heavy (non-hydrogen) atoms. The Morgan fingerprint density at radius 2 is 2.05 bits per heavy atom. The molecule has 0 saturated heterocycles. The summed E-state index contributed by atoms with van der Waals surface area (Å²) in [6.45, 7) is 2.32. The molecule has 2 aromatic rings. The van der Waals surface area contributed by atoms with Crippen LogP contribution in [0.1, 0.15) is 21.7 Å². The molecule has 0 radical (unpaired) electrons. The van der Waals surface area contributed by atoms with Crippen molar-refractivity contribution in [3.63, 3.8) is 0 Å². The lowest BCUT2D eigenvalue weighted by Gasteiger charge is -2.07. The maximum atomic E-state index is 12.1. The van der Waals surface area contributed by atoms with Gasteiger partial charge in [-0.3, -0.25) is 9.48 Å². The maximum absolute atomic E-state index is 12.1. The fourth-order valence-corrected chi connectivity index (χ4v) is 2.14. The zero-order valence-electron chi connectivity index (χ0n) is 12.5. The van der Waals surface area contributed by atoms with Crippen molar-refractivity contribution in [2.75, 3.05) is 19.4 Å². The van der Waals surface area contributed by atoms with Gasteiger partial charge in [0.25, 0.3) is 5.91 Å². The van der Waals surface area contributed by atoms with Gasteiger partial charge in [0.05, 0.1) is 18.5 Å². The number of aryl methyl sites for hydroxylation is 2. The number of carbonyl (C=O) groups is 1. The number of anilines is 1. The molecule has 112 valence electrons. The summed E-state index contributed by atoms with van der Waals surface area (Å²) in [6.07, 6.45) is 0.743. The summed E-state index contributed by atoms with van der Waals surface area (Å²) in [5.74, 6) is 0.616. The van der Waals surface area contributed by atoms with Crippen LogP contribution in [0.2, 0.25) is 0 Å². The van der Waals surface area contributed by atoms with Crippen molar-refractivity contribution in [2.45, 2.75) is 13.3 Å². The molecule has 0 unspecified atom stereocenters. The lowest BCUT2D eigenvalue weighted by Crippen LogP contribution is -2.28. The summed E-state index contributed by atoms with van der Waals surface area (Å²) >= 11 is 0. The van der Waals surface area contributed by atoms with Crippen LogP contribution in [0, 0.1) is 6.92 Å². The Kier molecular flexibility index (Phi) is 4.47. The highest BCUT2D eigenvalue weighted by Crippen LogP contribution is 2.15. The van der Waals surface area contributed by atoms with E-state index in [0.29, 0.717) is 23.6 Å². The van der Waals surface area contributed by atoms with Crippen LogP contribution in [0.3, 0.4) is 0 Å². The van der Waals surface area contributed by atoms with Crippen LogP contribution < -0.4 is 15.8 Å². The summed E-state index contributed by atoms with van der Waals surface area (Å²) in [6, 6.07) is 7.76. The third-order valence-corrected chi connectivity index (χ3v) is 3.34. The fourth-order valence-electron chi connectivity index (χ4n) is 2.14. The van der Waals surface area contributed by atoms with Crippen LogP contribution >= 0.6 is 0 Å². The Morgan fingerprint density at radius 3 is 2.57 bits per heavy atom. The lowest BCUT2D eigenvalue weighted by atomic mass is 10.1. The van der Waals surface area contributed by atoms with Gasteiger partial charge in [-0.15, -0.1) is 0 Å². The van der Waals surface area contributed by atoms with Crippen molar-refractivity contribution >= 4 is 11.6 Å². The second kappa shape index (κ2) is 6.30. The molecule has 0 bridgehead atoms. The standard InChI is InChI=1S/C15H20N4O2/c1-10-13(16)14(19(2)18-10)15(20)17-9-8-11-4-6-12(21-3)7-5-11/h4-7H,8-9,16H2,1-3H3,(H,17,20). The lowest BCUT2D eigenvalue weighted by molar-refractivity contribution is 0.0945. The minimum absolute atomic E-state index is 0.205. The highest BCUT2D eigenvalue weighted by atomic mass is 16.5. The average Bonchev–Trinajstić information content (AvgIpc) is 2.73. The predicted octanol–water partition coefficient (Wildman–Crippen LogP) is 1.29. The molecule has 2 rings (SSSR count). The molecule has 1 amide bonds. The molecule has 6 heteroatoms. The van der Waals surface area contributed by atoms with Crippen molar-refractivity contribution in [1.82, 2.24) is 15.1 Å². The maximum Gasteiger partial charge on any atom is 0.271 e. The van der Waals surface area contributed by atoms with Crippen LogP contribution in [0.15, 0.2) is 24.3 Å². The summed E-state index contributed by atoms with van der Waals surface area (Å²) in [5, 5.41) is 6.99. The van der Waals surface area contributed by atoms with Gasteiger partial charge in [-0.1, -0.05) is 12.1 Å². The smallest absolute Gasteiger partial charge is 0.271 e. The van der Waals surface area contributed by atoms with Crippen LogP contribution in [0.4, 0.5) is 5.69 Å². The van der Waals surface area contributed by atoms with Crippen molar-refractivity contribution < 1.29 is 9.53 Å². The Balaban J connectivity index is 1.92. The van der Waals surface area contributed by atoms with Gasteiger partial charge >= 0.3 is 0 Å². The number of methoxy groups -OCH3 is 1. The van der Waals surface area contributed by atoms with E-state index in [1.807, 2.05) is 24.3 Å². The molecular weight excluding hydrogens is 268 g/mol. The highest BCUT2D eigenvalue weighted by Gasteiger charge is 2.17. The summed E-state index contributed by atoms with van der Waals surface area (Å²) in [5.41, 5.74) is 8.49. The SMILES string of the molecule is COc1ccc(CCNC(=O)c2c(N)c(C)nn2C)cc1. The van der Waals surface area contributed by atoms with Crippen LogP contribution in [0.25, 0.3) is 0 Å². The zero-order chi connectivity index (χ0) is 15.4. The monoisotopic (exact) mass is 288 g/mol. The molecule has 1 aromatic heterocycles. The molecule has 0 saturated carbocycles. The van der Waals surface area contributed by atoms with Crippen molar-refractivity contribution in [3.8, 4) is 5.75 Å². The third-order valence-electron chi connectivity index (χ3n) is 3.34. The van der Waals surface area contributed by atoms with Gasteiger partial charge in [-0.05, 0) is 31.0 Å². The Labute approximate surface area is 123 Å². The van der Waals surface area contributed by atoms with Gasteiger partial charge in [-0.2, -0.15) is 5.10 Å². The molecule has 0 fully saturated rings. The number of amides is 1. The van der Waals surface area contributed by atoms with E-state index in [1.165, 1.54) is 4.68 Å². The summed E-state index contributed by atoms with van der Waals surface area (Å²) in [4.78, 5) is 12.1. The molecule has 3 N–H and O–H groups in total. The van der Waals surface area contributed by atoms with Gasteiger partial charge in [0.2, 0.25) is 0 Å². The van der Waals surface area contributed by atoms with E-state index in [0.717, 1.165) is 17.7 Å². The number of carbonyl (C=O) groups excluding carboxylic acids is 1. The number of nitrogens with zero attached hydrogens (tertiary/aromatic N) is 2. The van der Waals surface area contributed by atoms with E-state index in [2.05, 4.69) is 10.4 Å². The molecule has 0 aliphatic carbocycles. The highest BCUT2D eigenvalue weighted by molar-refractivity contribution is 5.97. The summed E-state index contributed by atoms with van der Waals surface area (Å²) in [7, 11) is 3.34. The van der Waals surface area contributed by atoms with Gasteiger partial charge in [0, 0.05) is 13.6 Å². The van der Waals surface area contributed by atoms with Crippen LogP contribution in [-0.4, -0.2) is 29.3 Å². The number of ether oxygens (including phenoxy) is 1. The van der Waals surface area contributed by atoms with E-state index in [-0.39, 0.29) is 5.91 Å². The number of rotatable bonds is 5. The van der Waals surface area contributed by atoms with Crippen molar-refractivity contribution in [1.29, 1.82) is 0 Å². The van der Waals surface area contributed by atoms with Gasteiger partial charge in [0.15, 0.2) is 0 Å². The molecule has 0 spiro atoms. The van der Waals surface area contributed by atoms with Gasteiger partial charge in [-0.25, -0.2) is 0 Å². The Morgan fingerprint density at radius 1 is 1.38 bits per heavy atom. The van der Waals surface area contributed by atoms with E-state index in [4.69, 9.17) is 10.5 Å². The quantitative estimate of drug-likeness (QED) is 0.868. The number of hydrogen-bond acceptors (Lipinski definition) is 4. The second-order valence-electron chi connectivity index (χ2n) is 4.83. The van der Waals surface area contributed by atoms with Gasteiger partial charge < -0.3 is 15.8 Å². The predicted molar refractivity (Wildman–Crippen MR) is 81.4 cm³/mol. The number of hydrogen-bond donors (Lipinski definition) is 2. The van der Waals surface area contributed by atoms with Gasteiger partial charge in [0.1, 0.15) is 11.4 Å². The largest absolute Gasteiger partial charge is 0.497 e. The fraction of sp³-hybridized carbons (Fsp3) is 0.333. The number of nitrogens with one attached hydrogen (secondary N) is 1. The van der Waals surface area contributed by atoms with E-state index < -0.39 is 0 Å². The van der Waals surface area contributed by atoms with Crippen LogP contribution in [0.5, 0.6) is 5.75 Å². The number of nitrogens with two attached hydrogens (primary N) is 1. The first kappa shape index (κ1) is 14.9. The molecule has 0 atom stereocenters. The van der Waals surface area contributed by atoms with Crippen molar-refractivity contribution in [3.05, 3.63) is 41.2 Å². The molecular formula is C15H20N4O2. The molecule has 1 aromatic carbocycles. The zero-order valence-corrected chi connectivity index (χ0v) is 12.5. The normalized spacial score (nSPS) is 10.4. The second-order valence-corrected chi connectivity index (χ2v) is 4.83. The summed E-state index contributed by atoms with van der Waals surface area (Å²) < 4.78 is 6.61. The molecule has 1 heterocycles. The first-order chi connectivity index (χ1) is 10.0.